The Morgan fingerprint density at radius 3 is 2.74 bits per heavy atom. The molecule has 3 heterocycles. The summed E-state index contributed by atoms with van der Waals surface area (Å²) in [6, 6.07) is 10.9. The van der Waals surface area contributed by atoms with Gasteiger partial charge in [-0.05, 0) is 29.8 Å². The van der Waals surface area contributed by atoms with E-state index in [1.54, 1.807) is 35.5 Å². The number of carboxylic acid groups (broad SMARTS) is 1. The third kappa shape index (κ3) is 3.11. The molecule has 7 nitrogen and oxygen atoms in total. The molecule has 1 aromatic carbocycles. The Balaban J connectivity index is 1.82. The molecule has 0 spiro atoms. The number of carbonyl (C=O) groups is 1. The molecule has 0 bridgehead atoms. The summed E-state index contributed by atoms with van der Waals surface area (Å²) in [5.74, 6) is -0.234. The molecule has 0 saturated carbocycles. The van der Waals surface area contributed by atoms with Crippen molar-refractivity contribution in [2.45, 2.75) is 6.54 Å². The van der Waals surface area contributed by atoms with Crippen LogP contribution >= 0.6 is 11.3 Å². The molecule has 4 rings (SSSR count). The van der Waals surface area contributed by atoms with E-state index in [0.717, 1.165) is 22.6 Å². The van der Waals surface area contributed by atoms with Gasteiger partial charge in [0.25, 0.3) is 5.56 Å². The van der Waals surface area contributed by atoms with Crippen LogP contribution in [0.1, 0.15) is 15.2 Å². The van der Waals surface area contributed by atoms with E-state index >= 15 is 0 Å². The number of fused-ring (bicyclic) bond motifs is 1. The van der Waals surface area contributed by atoms with Gasteiger partial charge in [0.1, 0.15) is 16.3 Å². The summed E-state index contributed by atoms with van der Waals surface area (Å²) >= 11 is 1.11. The number of thiophene rings is 1. The number of benzene rings is 1. The van der Waals surface area contributed by atoms with E-state index < -0.39 is 5.97 Å². The number of aromatic nitrogens is 3. The number of nitrogens with zero attached hydrogens (tertiary/aromatic N) is 2. The lowest BCUT2D eigenvalue weighted by atomic mass is 10.1. The number of H-pyrrole nitrogens is 1. The molecule has 0 fully saturated rings. The smallest absolute Gasteiger partial charge is 0.345 e. The molecule has 0 aliphatic carbocycles. The second-order valence-electron chi connectivity index (χ2n) is 5.93. The number of rotatable bonds is 5. The van der Waals surface area contributed by atoms with Gasteiger partial charge in [-0.25, -0.2) is 4.79 Å². The molecule has 0 unspecified atom stereocenters. The summed E-state index contributed by atoms with van der Waals surface area (Å²) in [6.07, 6.45) is 1.58. The molecule has 2 N–H and O–H groups in total. The fourth-order valence-corrected chi connectivity index (χ4v) is 3.67. The molecule has 0 saturated heterocycles. The largest absolute Gasteiger partial charge is 0.497 e. The maximum Gasteiger partial charge on any atom is 0.345 e. The zero-order valence-electron chi connectivity index (χ0n) is 14.3. The minimum atomic E-state index is -0.998. The van der Waals surface area contributed by atoms with Gasteiger partial charge in [0.15, 0.2) is 0 Å². The predicted octanol–water partition coefficient (Wildman–Crippen LogP) is 3.21. The number of ether oxygens (including phenoxy) is 1. The van der Waals surface area contributed by atoms with Crippen LogP contribution in [0.5, 0.6) is 5.75 Å². The third-order valence-corrected chi connectivity index (χ3v) is 5.17. The first-order chi connectivity index (χ1) is 13.1. The summed E-state index contributed by atoms with van der Waals surface area (Å²) in [5, 5.41) is 15.9. The molecule has 0 radical (unpaired) electrons. The molecule has 0 atom stereocenters. The van der Waals surface area contributed by atoms with Gasteiger partial charge in [-0.1, -0.05) is 12.1 Å². The first-order valence-corrected chi connectivity index (χ1v) is 8.98. The van der Waals surface area contributed by atoms with Crippen LogP contribution in [0.3, 0.4) is 0 Å². The summed E-state index contributed by atoms with van der Waals surface area (Å²) in [6.45, 7) is 0.472. The molecule has 27 heavy (non-hydrogen) atoms. The zero-order valence-corrected chi connectivity index (χ0v) is 15.1. The molecular weight excluding hydrogens is 366 g/mol. The summed E-state index contributed by atoms with van der Waals surface area (Å²) in [7, 11) is 1.61. The number of pyridine rings is 1. The minimum absolute atomic E-state index is 0.204. The fraction of sp³-hybridized carbons (Fsp3) is 0.105. The Hall–Kier alpha value is -3.39. The number of nitrogens with one attached hydrogen (secondary N) is 1. The van der Waals surface area contributed by atoms with Crippen LogP contribution in [0, 0.1) is 0 Å². The zero-order chi connectivity index (χ0) is 19.0. The van der Waals surface area contributed by atoms with Crippen molar-refractivity contribution in [3.8, 4) is 17.0 Å². The predicted molar refractivity (Wildman–Crippen MR) is 103 cm³/mol. The van der Waals surface area contributed by atoms with Crippen molar-refractivity contribution in [2.75, 3.05) is 7.11 Å². The number of carboxylic acids is 1. The van der Waals surface area contributed by atoms with Crippen LogP contribution < -0.4 is 10.3 Å². The highest BCUT2D eigenvalue weighted by Gasteiger charge is 2.18. The molecule has 0 amide bonds. The minimum Gasteiger partial charge on any atom is -0.497 e. The number of aromatic amines is 1. The van der Waals surface area contributed by atoms with Gasteiger partial charge in [-0.3, -0.25) is 9.48 Å². The van der Waals surface area contributed by atoms with Crippen LogP contribution in [-0.2, 0) is 6.54 Å². The molecular formula is C19H15N3O4S. The van der Waals surface area contributed by atoms with Crippen LogP contribution in [0.15, 0.2) is 52.8 Å². The normalized spacial score (nSPS) is 11.0. The van der Waals surface area contributed by atoms with Crippen molar-refractivity contribution in [2.24, 2.45) is 0 Å². The van der Waals surface area contributed by atoms with E-state index in [4.69, 9.17) is 9.84 Å². The number of methoxy groups -OCH3 is 1. The quantitative estimate of drug-likeness (QED) is 0.553. The van der Waals surface area contributed by atoms with Crippen LogP contribution in [0.4, 0.5) is 0 Å². The third-order valence-electron chi connectivity index (χ3n) is 4.25. The lowest BCUT2D eigenvalue weighted by Gasteiger charge is -2.05. The van der Waals surface area contributed by atoms with Gasteiger partial charge in [0, 0.05) is 17.1 Å². The van der Waals surface area contributed by atoms with E-state index in [1.165, 1.54) is 0 Å². The second-order valence-corrected chi connectivity index (χ2v) is 6.84. The first-order valence-electron chi connectivity index (χ1n) is 8.10. The Kier molecular flexibility index (Phi) is 4.25. The lowest BCUT2D eigenvalue weighted by molar-refractivity contribution is 0.0702. The topological polar surface area (TPSA) is 97.2 Å². The highest BCUT2D eigenvalue weighted by Crippen LogP contribution is 2.29. The van der Waals surface area contributed by atoms with Gasteiger partial charge in [0.05, 0.1) is 24.6 Å². The highest BCUT2D eigenvalue weighted by atomic mass is 32.1. The molecule has 3 aromatic heterocycles. The van der Waals surface area contributed by atoms with E-state index in [1.807, 2.05) is 24.3 Å². The highest BCUT2D eigenvalue weighted by molar-refractivity contribution is 7.12. The Morgan fingerprint density at radius 2 is 2.07 bits per heavy atom. The first kappa shape index (κ1) is 17.0. The number of aromatic carboxylic acids is 1. The average molecular weight is 381 g/mol. The van der Waals surface area contributed by atoms with Crippen molar-refractivity contribution in [1.82, 2.24) is 14.8 Å². The average Bonchev–Trinajstić information content (AvgIpc) is 3.29. The van der Waals surface area contributed by atoms with E-state index in [-0.39, 0.29) is 10.4 Å². The fourth-order valence-electron chi connectivity index (χ4n) is 2.94. The van der Waals surface area contributed by atoms with Gasteiger partial charge in [-0.15, -0.1) is 11.3 Å². The van der Waals surface area contributed by atoms with Crippen molar-refractivity contribution < 1.29 is 14.6 Å². The molecule has 8 heteroatoms. The summed E-state index contributed by atoms with van der Waals surface area (Å²) in [4.78, 5) is 26.5. The number of hydrogen-bond donors (Lipinski definition) is 2. The van der Waals surface area contributed by atoms with Crippen LogP contribution in [-0.4, -0.2) is 33.0 Å². The van der Waals surface area contributed by atoms with Crippen molar-refractivity contribution >= 4 is 28.2 Å². The van der Waals surface area contributed by atoms with Gasteiger partial charge in [0.2, 0.25) is 0 Å². The standard InChI is InChI=1S/C19H15N3O4S/c1-26-13-4-2-11(3-5-13)9-22-14-6-7-20-18(23)16(14)17(21-22)12-8-15(19(24)25)27-10-12/h2-8,10H,9H2,1H3,(H,20,23)(H,24,25). The molecule has 4 aromatic rings. The second kappa shape index (κ2) is 6.73. The summed E-state index contributed by atoms with van der Waals surface area (Å²) < 4.78 is 6.92. The molecule has 136 valence electrons. The van der Waals surface area contributed by atoms with Crippen molar-refractivity contribution in [3.63, 3.8) is 0 Å². The van der Waals surface area contributed by atoms with Crippen LogP contribution in [0.25, 0.3) is 22.2 Å². The summed E-state index contributed by atoms with van der Waals surface area (Å²) in [5.41, 5.74) is 2.53. The van der Waals surface area contributed by atoms with Crippen LogP contribution in [0.2, 0.25) is 0 Å². The molecule has 0 aliphatic rings. The van der Waals surface area contributed by atoms with Gasteiger partial charge in [-0.2, -0.15) is 5.10 Å². The van der Waals surface area contributed by atoms with Gasteiger partial charge >= 0.3 is 5.97 Å². The molecule has 0 aliphatic heterocycles. The maximum absolute atomic E-state index is 12.4. The van der Waals surface area contributed by atoms with Crippen molar-refractivity contribution in [1.29, 1.82) is 0 Å². The Labute approximate surface area is 157 Å². The number of hydrogen-bond acceptors (Lipinski definition) is 5. The van der Waals surface area contributed by atoms with E-state index in [0.29, 0.717) is 28.7 Å². The van der Waals surface area contributed by atoms with E-state index in [9.17, 15) is 9.59 Å². The monoisotopic (exact) mass is 381 g/mol. The maximum atomic E-state index is 12.4. The van der Waals surface area contributed by atoms with E-state index in [2.05, 4.69) is 10.1 Å². The Bertz CT molecular complexity index is 1190. The SMILES string of the molecule is COc1ccc(Cn2nc(-c3csc(C(=O)O)c3)c3c(=O)[nH]ccc32)cc1. The Morgan fingerprint density at radius 1 is 1.30 bits per heavy atom. The lowest BCUT2D eigenvalue weighted by Crippen LogP contribution is -2.06. The van der Waals surface area contributed by atoms with Gasteiger partial charge < -0.3 is 14.8 Å². The van der Waals surface area contributed by atoms with Crippen molar-refractivity contribution in [3.05, 3.63) is 68.8 Å².